The zero-order chi connectivity index (χ0) is 18.5. The van der Waals surface area contributed by atoms with Gasteiger partial charge in [0.1, 0.15) is 0 Å². The van der Waals surface area contributed by atoms with Crippen LogP contribution in [0.1, 0.15) is 36.0 Å². The predicted molar refractivity (Wildman–Crippen MR) is 93.4 cm³/mol. The van der Waals surface area contributed by atoms with Gasteiger partial charge in [0.25, 0.3) is 0 Å². The molecule has 1 atom stereocenters. The van der Waals surface area contributed by atoms with Crippen LogP contribution in [0.5, 0.6) is 0 Å². The van der Waals surface area contributed by atoms with Crippen molar-refractivity contribution in [3.63, 3.8) is 0 Å². The van der Waals surface area contributed by atoms with Gasteiger partial charge in [0.15, 0.2) is 5.82 Å². The summed E-state index contributed by atoms with van der Waals surface area (Å²) >= 11 is 0. The van der Waals surface area contributed by atoms with Crippen LogP contribution in [0.25, 0.3) is 0 Å². The molecule has 1 N–H and O–H groups in total. The highest BCUT2D eigenvalue weighted by Gasteiger charge is 2.31. The first-order valence-electron chi connectivity index (χ1n) is 8.55. The van der Waals surface area contributed by atoms with Crippen molar-refractivity contribution in [2.24, 2.45) is 0 Å². The Bertz CT molecular complexity index is 789. The van der Waals surface area contributed by atoms with Crippen LogP contribution in [-0.2, 0) is 20.9 Å². The van der Waals surface area contributed by atoms with Crippen molar-refractivity contribution in [2.75, 3.05) is 25.5 Å². The molecule has 0 radical (unpaired) electrons. The number of aromatic nitrogens is 2. The van der Waals surface area contributed by atoms with Crippen molar-refractivity contribution in [3.8, 4) is 0 Å². The number of nitrogens with one attached hydrogen (secondary N) is 1. The SMILES string of the molecule is COCc1cccc(NC(=O)C(=O)N2CCCC(c3nc(C)no3)C2)c1. The summed E-state index contributed by atoms with van der Waals surface area (Å²) in [5.41, 5.74) is 1.49. The third-order valence-corrected chi connectivity index (χ3v) is 4.29. The normalized spacial score (nSPS) is 17.2. The lowest BCUT2D eigenvalue weighted by Crippen LogP contribution is -2.44. The summed E-state index contributed by atoms with van der Waals surface area (Å²) in [6.07, 6.45) is 1.64. The maximum atomic E-state index is 12.5. The van der Waals surface area contributed by atoms with Gasteiger partial charge in [-0.3, -0.25) is 9.59 Å². The van der Waals surface area contributed by atoms with Gasteiger partial charge in [0, 0.05) is 25.9 Å². The topological polar surface area (TPSA) is 97.6 Å². The fourth-order valence-corrected chi connectivity index (χ4v) is 3.08. The highest BCUT2D eigenvalue weighted by molar-refractivity contribution is 6.39. The first-order valence-corrected chi connectivity index (χ1v) is 8.55. The van der Waals surface area contributed by atoms with Crippen molar-refractivity contribution in [2.45, 2.75) is 32.3 Å². The lowest BCUT2D eigenvalue weighted by molar-refractivity contribution is -0.144. The number of hydrogen-bond acceptors (Lipinski definition) is 6. The number of anilines is 1. The summed E-state index contributed by atoms with van der Waals surface area (Å²) in [6.45, 7) is 3.14. The van der Waals surface area contributed by atoms with Crippen LogP contribution in [-0.4, -0.2) is 47.1 Å². The maximum Gasteiger partial charge on any atom is 0.313 e. The molecule has 1 fully saturated rings. The van der Waals surface area contributed by atoms with Gasteiger partial charge in [-0.2, -0.15) is 4.98 Å². The Morgan fingerprint density at radius 3 is 3.00 bits per heavy atom. The molecule has 2 amide bonds. The van der Waals surface area contributed by atoms with Crippen LogP contribution in [0, 0.1) is 6.92 Å². The number of methoxy groups -OCH3 is 1. The number of amides is 2. The third-order valence-electron chi connectivity index (χ3n) is 4.29. The molecule has 2 aromatic rings. The van der Waals surface area contributed by atoms with E-state index in [0.717, 1.165) is 18.4 Å². The van der Waals surface area contributed by atoms with Gasteiger partial charge in [-0.1, -0.05) is 17.3 Å². The van der Waals surface area contributed by atoms with Crippen molar-refractivity contribution >= 4 is 17.5 Å². The number of piperidine rings is 1. The van der Waals surface area contributed by atoms with Crippen molar-refractivity contribution in [1.29, 1.82) is 0 Å². The maximum absolute atomic E-state index is 12.5. The number of ether oxygens (including phenoxy) is 1. The van der Waals surface area contributed by atoms with Crippen molar-refractivity contribution < 1.29 is 18.8 Å². The second-order valence-electron chi connectivity index (χ2n) is 6.36. The van der Waals surface area contributed by atoms with E-state index in [1.54, 1.807) is 31.1 Å². The molecule has 138 valence electrons. The number of rotatable bonds is 4. The van der Waals surface area contributed by atoms with E-state index in [4.69, 9.17) is 9.26 Å². The molecule has 0 spiro atoms. The third kappa shape index (κ3) is 4.26. The zero-order valence-corrected chi connectivity index (χ0v) is 14.9. The first-order chi connectivity index (χ1) is 12.6. The molecule has 0 aliphatic carbocycles. The van der Waals surface area contributed by atoms with Crippen molar-refractivity contribution in [3.05, 3.63) is 41.5 Å². The van der Waals surface area contributed by atoms with E-state index in [2.05, 4.69) is 15.5 Å². The highest BCUT2D eigenvalue weighted by Crippen LogP contribution is 2.25. The molecular formula is C18H22N4O4. The number of carbonyl (C=O) groups is 2. The second kappa shape index (κ2) is 8.09. The summed E-state index contributed by atoms with van der Waals surface area (Å²) in [5, 5.41) is 6.46. The summed E-state index contributed by atoms with van der Waals surface area (Å²) in [5.74, 6) is -0.151. The molecule has 0 bridgehead atoms. The van der Waals surface area contributed by atoms with Gasteiger partial charge in [0.05, 0.1) is 12.5 Å². The smallest absolute Gasteiger partial charge is 0.313 e. The number of benzene rings is 1. The molecule has 1 aromatic heterocycles. The van der Waals surface area contributed by atoms with Gasteiger partial charge in [0.2, 0.25) is 5.89 Å². The Morgan fingerprint density at radius 2 is 2.27 bits per heavy atom. The van der Waals surface area contributed by atoms with E-state index >= 15 is 0 Å². The summed E-state index contributed by atoms with van der Waals surface area (Å²) in [4.78, 5) is 30.6. The van der Waals surface area contributed by atoms with Crippen LogP contribution in [0.3, 0.4) is 0 Å². The first kappa shape index (κ1) is 18.1. The van der Waals surface area contributed by atoms with Gasteiger partial charge in [-0.15, -0.1) is 0 Å². The van der Waals surface area contributed by atoms with Gasteiger partial charge >= 0.3 is 11.8 Å². The molecule has 1 unspecified atom stereocenters. The molecule has 3 rings (SSSR count). The Labute approximate surface area is 151 Å². The minimum absolute atomic E-state index is 0.0354. The Morgan fingerprint density at radius 1 is 1.42 bits per heavy atom. The molecule has 2 heterocycles. The number of hydrogen-bond donors (Lipinski definition) is 1. The molecule has 8 nitrogen and oxygen atoms in total. The van der Waals surface area contributed by atoms with E-state index in [9.17, 15) is 9.59 Å². The predicted octanol–water partition coefficient (Wildman–Crippen LogP) is 1.87. The number of nitrogens with zero attached hydrogens (tertiary/aromatic N) is 3. The lowest BCUT2D eigenvalue weighted by Gasteiger charge is -2.30. The number of carbonyl (C=O) groups excluding carboxylic acids is 2. The van der Waals surface area contributed by atoms with Crippen LogP contribution in [0.4, 0.5) is 5.69 Å². The quantitative estimate of drug-likeness (QED) is 0.838. The van der Waals surface area contributed by atoms with Gasteiger partial charge in [-0.05, 0) is 37.5 Å². The Balaban J connectivity index is 1.62. The molecule has 26 heavy (non-hydrogen) atoms. The van der Waals surface area contributed by atoms with Crippen molar-refractivity contribution in [1.82, 2.24) is 15.0 Å². The molecule has 1 saturated heterocycles. The fourth-order valence-electron chi connectivity index (χ4n) is 3.08. The van der Waals surface area contributed by atoms with Crippen LogP contribution >= 0.6 is 0 Å². The van der Waals surface area contributed by atoms with Gasteiger partial charge < -0.3 is 19.5 Å². The zero-order valence-electron chi connectivity index (χ0n) is 14.9. The van der Waals surface area contributed by atoms with Crippen LogP contribution in [0.2, 0.25) is 0 Å². The number of aryl methyl sites for hydroxylation is 1. The summed E-state index contributed by atoms with van der Waals surface area (Å²) in [7, 11) is 1.60. The van der Waals surface area contributed by atoms with E-state index < -0.39 is 11.8 Å². The molecule has 1 aliphatic heterocycles. The van der Waals surface area contributed by atoms with E-state index in [-0.39, 0.29) is 5.92 Å². The summed E-state index contributed by atoms with van der Waals surface area (Å²) in [6, 6.07) is 7.23. The second-order valence-corrected chi connectivity index (χ2v) is 6.36. The Hall–Kier alpha value is -2.74. The summed E-state index contributed by atoms with van der Waals surface area (Å²) < 4.78 is 10.3. The minimum atomic E-state index is -0.651. The monoisotopic (exact) mass is 358 g/mol. The van der Waals surface area contributed by atoms with E-state index in [1.165, 1.54) is 0 Å². The van der Waals surface area contributed by atoms with Gasteiger partial charge in [-0.25, -0.2) is 0 Å². The lowest BCUT2D eigenvalue weighted by atomic mass is 9.98. The highest BCUT2D eigenvalue weighted by atomic mass is 16.5. The number of likely N-dealkylation sites (tertiary alicyclic amines) is 1. The van der Waals surface area contributed by atoms with E-state index in [0.29, 0.717) is 37.1 Å². The molecule has 1 aromatic carbocycles. The van der Waals surface area contributed by atoms with E-state index in [1.807, 2.05) is 12.1 Å². The average molecular weight is 358 g/mol. The molecular weight excluding hydrogens is 336 g/mol. The fraction of sp³-hybridized carbons (Fsp3) is 0.444. The minimum Gasteiger partial charge on any atom is -0.380 e. The van der Waals surface area contributed by atoms with Crippen LogP contribution < -0.4 is 5.32 Å². The largest absolute Gasteiger partial charge is 0.380 e. The molecule has 8 heteroatoms. The van der Waals surface area contributed by atoms with Crippen LogP contribution in [0.15, 0.2) is 28.8 Å². The molecule has 1 aliphatic rings. The Kier molecular flexibility index (Phi) is 5.62. The average Bonchev–Trinajstić information content (AvgIpc) is 3.08. The molecule has 0 saturated carbocycles. The standard InChI is InChI=1S/C18H22N4O4/c1-12-19-17(26-21-12)14-6-4-8-22(10-14)18(24)16(23)20-15-7-3-5-13(9-15)11-25-2/h3,5,7,9,14H,4,6,8,10-11H2,1-2H3,(H,20,23).